The summed E-state index contributed by atoms with van der Waals surface area (Å²) in [5.74, 6) is 0.757. The highest BCUT2D eigenvalue weighted by molar-refractivity contribution is 7.25. The molecule has 2 aromatic carbocycles. The summed E-state index contributed by atoms with van der Waals surface area (Å²) >= 11 is 1.59. The van der Waals surface area contributed by atoms with Crippen molar-refractivity contribution in [3.8, 4) is 0 Å². The van der Waals surface area contributed by atoms with Gasteiger partial charge in [-0.2, -0.15) is 0 Å². The van der Waals surface area contributed by atoms with Gasteiger partial charge in [-0.05, 0) is 18.2 Å². The van der Waals surface area contributed by atoms with E-state index in [4.69, 9.17) is 4.98 Å². The molecule has 0 unspecified atom stereocenters. The minimum Gasteiger partial charge on any atom is -0.369 e. The van der Waals surface area contributed by atoms with Gasteiger partial charge in [-0.1, -0.05) is 50.2 Å². The van der Waals surface area contributed by atoms with Gasteiger partial charge in [-0.15, -0.1) is 11.3 Å². The minimum absolute atomic E-state index is 0.0321. The van der Waals surface area contributed by atoms with Gasteiger partial charge in [0.05, 0.1) is 11.9 Å². The van der Waals surface area contributed by atoms with Crippen LogP contribution in [-0.4, -0.2) is 41.0 Å². The third-order valence-electron chi connectivity index (χ3n) is 5.17. The van der Waals surface area contributed by atoms with Gasteiger partial charge >= 0.3 is 0 Å². The molecule has 1 N–H and O–H groups in total. The lowest BCUT2D eigenvalue weighted by Gasteiger charge is -2.35. The molecule has 0 aliphatic carbocycles. The van der Waals surface area contributed by atoms with E-state index in [0.717, 1.165) is 46.9 Å². The molecule has 150 valence electrons. The predicted octanol–water partition coefficient (Wildman–Crippen LogP) is 4.49. The Labute approximate surface area is 174 Å². The third-order valence-corrected chi connectivity index (χ3v) is 6.23. The van der Waals surface area contributed by atoms with Crippen molar-refractivity contribution in [3.05, 3.63) is 70.8 Å². The second-order valence-electron chi connectivity index (χ2n) is 6.89. The van der Waals surface area contributed by atoms with Crippen molar-refractivity contribution >= 4 is 37.3 Å². The molecule has 1 aliphatic heterocycles. The van der Waals surface area contributed by atoms with Crippen molar-refractivity contribution in [1.29, 1.82) is 0 Å². The Balaban J connectivity index is 0.000000994. The van der Waals surface area contributed by atoms with Gasteiger partial charge in [0.25, 0.3) is 5.56 Å². The summed E-state index contributed by atoms with van der Waals surface area (Å²) in [5.41, 5.74) is 1.24. The number of hydrogen-bond acceptors (Lipinski definition) is 5. The van der Waals surface area contributed by atoms with Crippen molar-refractivity contribution in [2.75, 3.05) is 31.1 Å². The van der Waals surface area contributed by atoms with Crippen LogP contribution in [0.25, 0.3) is 20.3 Å². The Morgan fingerprint density at radius 1 is 0.966 bits per heavy atom. The number of aromatic nitrogens is 2. The minimum atomic E-state index is -0.0321. The first kappa shape index (κ1) is 19.6. The van der Waals surface area contributed by atoms with E-state index in [2.05, 4.69) is 39.0 Å². The van der Waals surface area contributed by atoms with Crippen molar-refractivity contribution < 1.29 is 0 Å². The number of anilines is 1. The molecule has 3 heterocycles. The molecule has 2 aromatic heterocycles. The number of benzene rings is 2. The summed E-state index contributed by atoms with van der Waals surface area (Å²) in [6, 6.07) is 18.5. The number of thiophene rings is 1. The maximum Gasteiger partial charge on any atom is 0.260 e. The second-order valence-corrected chi connectivity index (χ2v) is 7.92. The van der Waals surface area contributed by atoms with Crippen LogP contribution in [0.3, 0.4) is 0 Å². The van der Waals surface area contributed by atoms with Crippen LogP contribution in [0.4, 0.5) is 5.69 Å². The normalized spacial score (nSPS) is 14.8. The van der Waals surface area contributed by atoms with Crippen LogP contribution in [0.5, 0.6) is 0 Å². The molecule has 5 nitrogen and oxygen atoms in total. The van der Waals surface area contributed by atoms with Crippen LogP contribution in [0.2, 0.25) is 0 Å². The van der Waals surface area contributed by atoms with Crippen LogP contribution in [0.1, 0.15) is 19.7 Å². The van der Waals surface area contributed by atoms with Crippen LogP contribution in [0.15, 0.2) is 59.4 Å². The molecular formula is C23H26N4OS. The Hall–Kier alpha value is -2.70. The summed E-state index contributed by atoms with van der Waals surface area (Å²) < 4.78 is 1.11. The highest BCUT2D eigenvalue weighted by atomic mass is 32.1. The van der Waals surface area contributed by atoms with Crippen LogP contribution >= 0.6 is 11.3 Å². The fraction of sp³-hybridized carbons (Fsp3) is 0.304. The van der Waals surface area contributed by atoms with Crippen molar-refractivity contribution in [2.45, 2.75) is 20.4 Å². The van der Waals surface area contributed by atoms with E-state index in [1.807, 2.05) is 44.2 Å². The Morgan fingerprint density at radius 3 is 2.41 bits per heavy atom. The lowest BCUT2D eigenvalue weighted by Crippen LogP contribution is -2.46. The third kappa shape index (κ3) is 4.04. The fourth-order valence-corrected chi connectivity index (χ4v) is 4.86. The van der Waals surface area contributed by atoms with Crippen molar-refractivity contribution in [3.63, 3.8) is 0 Å². The first-order valence-corrected chi connectivity index (χ1v) is 11.0. The molecule has 1 fully saturated rings. The molecule has 1 saturated heterocycles. The smallest absolute Gasteiger partial charge is 0.260 e. The number of rotatable bonds is 3. The van der Waals surface area contributed by atoms with E-state index in [9.17, 15) is 4.79 Å². The molecule has 29 heavy (non-hydrogen) atoms. The second kappa shape index (κ2) is 8.76. The number of fused-ring (bicyclic) bond motifs is 3. The van der Waals surface area contributed by atoms with Crippen molar-refractivity contribution in [1.82, 2.24) is 14.9 Å². The maximum absolute atomic E-state index is 12.6. The molecule has 0 radical (unpaired) electrons. The zero-order chi connectivity index (χ0) is 20.2. The number of H-pyrrole nitrogens is 1. The van der Waals surface area contributed by atoms with Gasteiger partial charge < -0.3 is 9.88 Å². The summed E-state index contributed by atoms with van der Waals surface area (Å²) in [6.45, 7) is 8.58. The average molecular weight is 407 g/mol. The topological polar surface area (TPSA) is 52.2 Å². The number of aromatic amines is 1. The van der Waals surface area contributed by atoms with Gasteiger partial charge in [-0.3, -0.25) is 9.69 Å². The van der Waals surface area contributed by atoms with Crippen LogP contribution in [0, 0.1) is 0 Å². The van der Waals surface area contributed by atoms with Gasteiger partial charge in [-0.25, -0.2) is 4.98 Å². The quantitative estimate of drug-likeness (QED) is 0.545. The van der Waals surface area contributed by atoms with Crippen LogP contribution in [-0.2, 0) is 6.54 Å². The molecule has 5 rings (SSSR count). The number of nitrogens with zero attached hydrogens (tertiary/aromatic N) is 3. The number of hydrogen-bond donors (Lipinski definition) is 1. The van der Waals surface area contributed by atoms with E-state index in [-0.39, 0.29) is 5.56 Å². The van der Waals surface area contributed by atoms with Crippen molar-refractivity contribution in [2.24, 2.45) is 0 Å². The lowest BCUT2D eigenvalue weighted by atomic mass is 10.2. The first-order chi connectivity index (χ1) is 14.3. The predicted molar refractivity (Wildman–Crippen MR) is 123 cm³/mol. The molecule has 0 spiro atoms. The summed E-state index contributed by atoms with van der Waals surface area (Å²) in [6.07, 6.45) is 0. The van der Waals surface area contributed by atoms with E-state index >= 15 is 0 Å². The largest absolute Gasteiger partial charge is 0.369 e. The average Bonchev–Trinajstić information content (AvgIpc) is 3.15. The number of para-hydroxylation sites is 1. The van der Waals surface area contributed by atoms with E-state index in [1.54, 1.807) is 11.3 Å². The Bertz CT molecular complexity index is 1140. The molecule has 0 amide bonds. The summed E-state index contributed by atoms with van der Waals surface area (Å²) in [7, 11) is 0. The van der Waals surface area contributed by atoms with Gasteiger partial charge in [0, 0.05) is 42.0 Å². The SMILES string of the molecule is CC.O=c1[nH]c(CN2CCN(c3ccccc3)CC2)nc2sc3ccccc3c12. The maximum atomic E-state index is 12.6. The number of piperazine rings is 1. The molecule has 0 bridgehead atoms. The summed E-state index contributed by atoms with van der Waals surface area (Å²) in [4.78, 5) is 26.0. The van der Waals surface area contributed by atoms with E-state index in [1.165, 1.54) is 5.69 Å². The monoisotopic (exact) mass is 406 g/mol. The Morgan fingerprint density at radius 2 is 1.66 bits per heavy atom. The summed E-state index contributed by atoms with van der Waals surface area (Å²) in [5, 5.41) is 1.71. The molecular weight excluding hydrogens is 380 g/mol. The van der Waals surface area contributed by atoms with Gasteiger partial charge in [0.2, 0.25) is 0 Å². The highest BCUT2D eigenvalue weighted by Gasteiger charge is 2.19. The number of nitrogens with one attached hydrogen (secondary N) is 1. The zero-order valence-corrected chi connectivity index (χ0v) is 17.7. The molecule has 0 atom stereocenters. The molecule has 4 aromatic rings. The van der Waals surface area contributed by atoms with Gasteiger partial charge in [0.1, 0.15) is 10.7 Å². The van der Waals surface area contributed by atoms with E-state index < -0.39 is 0 Å². The Kier molecular flexibility index (Phi) is 5.92. The zero-order valence-electron chi connectivity index (χ0n) is 16.9. The lowest BCUT2D eigenvalue weighted by molar-refractivity contribution is 0.244. The molecule has 6 heteroatoms. The first-order valence-electron chi connectivity index (χ1n) is 10.2. The fourth-order valence-electron chi connectivity index (χ4n) is 3.76. The van der Waals surface area contributed by atoms with Gasteiger partial charge in [0.15, 0.2) is 0 Å². The molecule has 0 saturated carbocycles. The highest BCUT2D eigenvalue weighted by Crippen LogP contribution is 2.30. The van der Waals surface area contributed by atoms with E-state index in [0.29, 0.717) is 11.9 Å². The standard InChI is InChI=1S/C21H20N4OS.C2H6/c26-20-19-16-8-4-5-9-17(16)27-21(19)23-18(22-20)14-24-10-12-25(13-11-24)15-6-2-1-3-7-15;1-2/h1-9H,10-14H2,(H,22,23,26);1-2H3. The van der Waals surface area contributed by atoms with Crippen LogP contribution < -0.4 is 10.5 Å². The molecule has 1 aliphatic rings.